The summed E-state index contributed by atoms with van der Waals surface area (Å²) in [5.41, 5.74) is 6.93. The predicted molar refractivity (Wildman–Crippen MR) is 80.9 cm³/mol. The van der Waals surface area contributed by atoms with Crippen LogP contribution in [0.4, 0.5) is 11.4 Å². The van der Waals surface area contributed by atoms with Crippen LogP contribution in [0, 0.1) is 0 Å². The van der Waals surface area contributed by atoms with Crippen molar-refractivity contribution in [2.45, 2.75) is 31.3 Å². The number of hydrogen-bond donors (Lipinski definition) is 3. The molecule has 1 aromatic carbocycles. The smallest absolute Gasteiger partial charge is 0.253 e. The van der Waals surface area contributed by atoms with E-state index in [0.29, 0.717) is 17.8 Å². The summed E-state index contributed by atoms with van der Waals surface area (Å²) in [5.74, 6) is -0.193. The molecular formula is C15H23N3O2. The fourth-order valence-corrected chi connectivity index (χ4v) is 2.68. The lowest BCUT2D eigenvalue weighted by atomic mass is 10.0. The molecule has 1 aliphatic rings. The van der Waals surface area contributed by atoms with E-state index in [2.05, 4.69) is 5.32 Å². The minimum atomic E-state index is -0.742. The Bertz CT molecular complexity index is 494. The van der Waals surface area contributed by atoms with Gasteiger partial charge in [0.25, 0.3) is 5.91 Å². The molecule has 0 aliphatic heterocycles. The van der Waals surface area contributed by atoms with Crippen molar-refractivity contribution in [2.75, 3.05) is 31.3 Å². The highest BCUT2D eigenvalue weighted by Gasteiger charge is 2.31. The van der Waals surface area contributed by atoms with Crippen LogP contribution in [0.5, 0.6) is 0 Å². The summed E-state index contributed by atoms with van der Waals surface area (Å²) in [5, 5.41) is 13.1. The number of carbonyl (C=O) groups is 1. The Morgan fingerprint density at radius 1 is 1.40 bits per heavy atom. The molecule has 1 amide bonds. The Morgan fingerprint density at radius 3 is 2.65 bits per heavy atom. The van der Waals surface area contributed by atoms with Crippen molar-refractivity contribution in [3.63, 3.8) is 0 Å². The summed E-state index contributed by atoms with van der Waals surface area (Å²) in [6.07, 6.45) is 3.55. The van der Waals surface area contributed by atoms with Gasteiger partial charge in [0, 0.05) is 32.0 Å². The van der Waals surface area contributed by atoms with E-state index in [0.717, 1.165) is 31.4 Å². The molecule has 0 spiro atoms. The van der Waals surface area contributed by atoms with E-state index in [-0.39, 0.29) is 5.91 Å². The number of benzene rings is 1. The summed E-state index contributed by atoms with van der Waals surface area (Å²) in [6.45, 7) is 0.299. The van der Waals surface area contributed by atoms with Crippen molar-refractivity contribution in [1.29, 1.82) is 0 Å². The molecule has 4 N–H and O–H groups in total. The van der Waals surface area contributed by atoms with Crippen molar-refractivity contribution in [3.8, 4) is 0 Å². The third-order valence-electron chi connectivity index (χ3n) is 3.86. The van der Waals surface area contributed by atoms with E-state index in [4.69, 9.17) is 5.73 Å². The van der Waals surface area contributed by atoms with Gasteiger partial charge < -0.3 is 21.1 Å². The number of nitrogens with zero attached hydrogens (tertiary/aromatic N) is 1. The van der Waals surface area contributed by atoms with Gasteiger partial charge in [-0.05, 0) is 31.0 Å². The van der Waals surface area contributed by atoms with Crippen molar-refractivity contribution < 1.29 is 9.90 Å². The normalized spacial score (nSPS) is 16.9. The molecule has 110 valence electrons. The molecule has 5 nitrogen and oxygen atoms in total. The lowest BCUT2D eigenvalue weighted by Gasteiger charge is -2.23. The molecule has 2 rings (SSSR count). The molecule has 0 radical (unpaired) electrons. The van der Waals surface area contributed by atoms with Crippen LogP contribution in [-0.4, -0.2) is 37.3 Å². The average molecular weight is 277 g/mol. The maximum absolute atomic E-state index is 12.3. The van der Waals surface area contributed by atoms with E-state index in [1.807, 2.05) is 25.1 Å². The molecule has 0 saturated heterocycles. The van der Waals surface area contributed by atoms with Gasteiger partial charge in [-0.15, -0.1) is 0 Å². The molecule has 1 aromatic rings. The fourth-order valence-electron chi connectivity index (χ4n) is 2.68. The van der Waals surface area contributed by atoms with E-state index in [1.165, 1.54) is 0 Å². The summed E-state index contributed by atoms with van der Waals surface area (Å²) < 4.78 is 0. The van der Waals surface area contributed by atoms with Crippen LogP contribution in [0.1, 0.15) is 36.0 Å². The lowest BCUT2D eigenvalue weighted by Crippen LogP contribution is -2.41. The predicted octanol–water partition coefficient (Wildman–Crippen LogP) is 1.37. The van der Waals surface area contributed by atoms with Crippen molar-refractivity contribution in [2.24, 2.45) is 0 Å². The van der Waals surface area contributed by atoms with E-state index in [9.17, 15) is 9.90 Å². The van der Waals surface area contributed by atoms with Crippen LogP contribution in [0.2, 0.25) is 0 Å². The molecule has 1 saturated carbocycles. The zero-order valence-electron chi connectivity index (χ0n) is 12.1. The number of rotatable bonds is 4. The Labute approximate surface area is 119 Å². The lowest BCUT2D eigenvalue weighted by molar-refractivity contribution is 0.0450. The van der Waals surface area contributed by atoms with Crippen LogP contribution < -0.4 is 16.0 Å². The van der Waals surface area contributed by atoms with E-state index in [1.54, 1.807) is 12.1 Å². The number of carbonyl (C=O) groups excluding carboxylic acids is 1. The van der Waals surface area contributed by atoms with Crippen LogP contribution in [-0.2, 0) is 0 Å². The second-order valence-corrected chi connectivity index (χ2v) is 5.79. The Hall–Kier alpha value is -1.75. The summed E-state index contributed by atoms with van der Waals surface area (Å²) >= 11 is 0. The maximum atomic E-state index is 12.3. The van der Waals surface area contributed by atoms with E-state index < -0.39 is 5.60 Å². The summed E-state index contributed by atoms with van der Waals surface area (Å²) in [7, 11) is 3.76. The number of nitrogens with two attached hydrogens (primary N) is 1. The number of nitrogen functional groups attached to an aromatic ring is 1. The molecule has 0 aromatic heterocycles. The van der Waals surface area contributed by atoms with Gasteiger partial charge in [-0.1, -0.05) is 12.8 Å². The van der Waals surface area contributed by atoms with Gasteiger partial charge in [-0.2, -0.15) is 0 Å². The van der Waals surface area contributed by atoms with Gasteiger partial charge in [0.2, 0.25) is 0 Å². The Kier molecular flexibility index (Phi) is 4.18. The molecule has 5 heteroatoms. The van der Waals surface area contributed by atoms with Gasteiger partial charge in [-0.3, -0.25) is 4.79 Å². The van der Waals surface area contributed by atoms with Gasteiger partial charge in [0.15, 0.2) is 0 Å². The molecular weight excluding hydrogens is 254 g/mol. The zero-order valence-corrected chi connectivity index (χ0v) is 12.1. The van der Waals surface area contributed by atoms with Crippen LogP contribution >= 0.6 is 0 Å². The third-order valence-corrected chi connectivity index (χ3v) is 3.86. The minimum absolute atomic E-state index is 0.193. The van der Waals surface area contributed by atoms with Crippen molar-refractivity contribution >= 4 is 17.3 Å². The van der Waals surface area contributed by atoms with Crippen LogP contribution in [0.25, 0.3) is 0 Å². The highest BCUT2D eigenvalue weighted by molar-refractivity contribution is 6.00. The standard InChI is InChI=1S/C15H23N3O2/c1-18(2)13-6-5-11(16)9-12(13)14(19)17-10-15(20)7-3-4-8-15/h5-6,9,20H,3-4,7-8,10,16H2,1-2H3,(H,17,19). The molecule has 1 fully saturated rings. The molecule has 1 aliphatic carbocycles. The topological polar surface area (TPSA) is 78.6 Å². The first-order valence-electron chi connectivity index (χ1n) is 6.99. The highest BCUT2D eigenvalue weighted by Crippen LogP contribution is 2.29. The SMILES string of the molecule is CN(C)c1ccc(N)cc1C(=O)NCC1(O)CCCC1. The monoisotopic (exact) mass is 277 g/mol. The third kappa shape index (κ3) is 3.22. The molecule has 0 unspecified atom stereocenters. The van der Waals surface area contributed by atoms with E-state index >= 15 is 0 Å². The van der Waals surface area contributed by atoms with Gasteiger partial charge in [0.05, 0.1) is 11.2 Å². The summed E-state index contributed by atoms with van der Waals surface area (Å²) in [6, 6.07) is 5.27. The number of amides is 1. The Morgan fingerprint density at radius 2 is 2.05 bits per heavy atom. The Balaban J connectivity index is 2.10. The number of aliphatic hydroxyl groups is 1. The summed E-state index contributed by atoms with van der Waals surface area (Å²) in [4.78, 5) is 14.2. The van der Waals surface area contributed by atoms with Crippen molar-refractivity contribution in [3.05, 3.63) is 23.8 Å². The molecule has 0 bridgehead atoms. The molecule has 20 heavy (non-hydrogen) atoms. The minimum Gasteiger partial charge on any atom is -0.399 e. The first kappa shape index (κ1) is 14.7. The second-order valence-electron chi connectivity index (χ2n) is 5.79. The molecule has 0 heterocycles. The number of hydrogen-bond acceptors (Lipinski definition) is 4. The first-order chi connectivity index (χ1) is 9.41. The largest absolute Gasteiger partial charge is 0.399 e. The molecule has 0 atom stereocenters. The highest BCUT2D eigenvalue weighted by atomic mass is 16.3. The van der Waals surface area contributed by atoms with Gasteiger partial charge >= 0.3 is 0 Å². The quantitative estimate of drug-likeness (QED) is 0.726. The maximum Gasteiger partial charge on any atom is 0.253 e. The first-order valence-corrected chi connectivity index (χ1v) is 6.99. The fraction of sp³-hybridized carbons (Fsp3) is 0.533. The van der Waals surface area contributed by atoms with Crippen molar-refractivity contribution in [1.82, 2.24) is 5.32 Å². The average Bonchev–Trinajstić information content (AvgIpc) is 2.83. The van der Waals surface area contributed by atoms with Crippen LogP contribution in [0.3, 0.4) is 0 Å². The van der Waals surface area contributed by atoms with Gasteiger partial charge in [0.1, 0.15) is 0 Å². The number of nitrogens with one attached hydrogen (secondary N) is 1. The van der Waals surface area contributed by atoms with Crippen LogP contribution in [0.15, 0.2) is 18.2 Å². The zero-order chi connectivity index (χ0) is 14.8. The second kappa shape index (κ2) is 5.71. The number of anilines is 2. The van der Waals surface area contributed by atoms with Gasteiger partial charge in [-0.25, -0.2) is 0 Å².